The molecule has 2 nitrogen and oxygen atoms in total. The third-order valence-electron chi connectivity index (χ3n) is 2.68. The van der Waals surface area contributed by atoms with E-state index in [0.29, 0.717) is 11.5 Å². The summed E-state index contributed by atoms with van der Waals surface area (Å²) in [6.45, 7) is 9.38. The molecule has 2 unspecified atom stereocenters. The summed E-state index contributed by atoms with van der Waals surface area (Å²) in [5.74, 6) is 2.23. The van der Waals surface area contributed by atoms with E-state index in [-0.39, 0.29) is 0 Å². The van der Waals surface area contributed by atoms with Gasteiger partial charge in [-0.1, -0.05) is 47.8 Å². The highest BCUT2D eigenvalue weighted by atomic mass is 33.7. The summed E-state index contributed by atoms with van der Waals surface area (Å²) in [4.78, 5) is 0. The van der Waals surface area contributed by atoms with Gasteiger partial charge in [-0.15, -0.1) is 0 Å². The van der Waals surface area contributed by atoms with Crippen molar-refractivity contribution < 1.29 is 9.47 Å². The molecule has 0 saturated heterocycles. The van der Waals surface area contributed by atoms with Crippen LogP contribution in [0, 0.1) is 0 Å². The van der Waals surface area contributed by atoms with Crippen molar-refractivity contribution in [3.05, 3.63) is 0 Å². The maximum atomic E-state index is 5.50. The van der Waals surface area contributed by atoms with E-state index < -0.39 is 17.6 Å². The standard InChI is InChI=1S/C10H26O2S4Si2/c1-11-9(17(3)4)7-13-15-16-14-8-10(12-2)18(5)6/h9-10,17-18H,7-8H2,1-6H3. The largest absolute Gasteiger partial charge is 0.384 e. The predicted molar refractivity (Wildman–Crippen MR) is 99.4 cm³/mol. The minimum Gasteiger partial charge on any atom is -0.384 e. The molecular weight excluding hydrogens is 337 g/mol. The van der Waals surface area contributed by atoms with Gasteiger partial charge in [-0.05, 0) is 19.7 Å². The first kappa shape index (κ1) is 19.8. The van der Waals surface area contributed by atoms with Gasteiger partial charge in [0.05, 0.1) is 29.0 Å². The molecule has 0 radical (unpaired) electrons. The smallest absolute Gasteiger partial charge is 0.0667 e. The quantitative estimate of drug-likeness (QED) is 0.314. The fourth-order valence-corrected chi connectivity index (χ4v) is 12.8. The molecule has 8 heteroatoms. The molecule has 2 atom stereocenters. The molecule has 0 bridgehead atoms. The summed E-state index contributed by atoms with van der Waals surface area (Å²) in [5.41, 5.74) is 1.01. The van der Waals surface area contributed by atoms with E-state index in [9.17, 15) is 0 Å². The van der Waals surface area contributed by atoms with Gasteiger partial charge in [-0.2, -0.15) is 0 Å². The molecule has 0 spiro atoms. The predicted octanol–water partition coefficient (Wildman–Crippen LogP) is 3.75. The van der Waals surface area contributed by atoms with E-state index in [0.717, 1.165) is 11.5 Å². The van der Waals surface area contributed by atoms with Crippen molar-refractivity contribution in [2.75, 3.05) is 25.7 Å². The number of ether oxygens (including phenoxy) is 2. The lowest BCUT2D eigenvalue weighted by molar-refractivity contribution is 0.179. The van der Waals surface area contributed by atoms with Gasteiger partial charge in [0.25, 0.3) is 0 Å². The Balaban J connectivity index is 3.51. The fourth-order valence-electron chi connectivity index (χ4n) is 1.29. The average molecular weight is 363 g/mol. The molecule has 0 aliphatic heterocycles. The molecule has 0 amide bonds. The first-order chi connectivity index (χ1) is 8.52. The first-order valence-electron chi connectivity index (χ1n) is 6.16. The average Bonchev–Trinajstić information content (AvgIpc) is 2.32. The number of rotatable bonds is 11. The van der Waals surface area contributed by atoms with Crippen molar-refractivity contribution in [2.24, 2.45) is 0 Å². The monoisotopic (exact) mass is 362 g/mol. The van der Waals surface area contributed by atoms with Crippen molar-refractivity contribution in [1.29, 1.82) is 0 Å². The molecule has 0 aliphatic carbocycles. The van der Waals surface area contributed by atoms with Crippen LogP contribution in [0.5, 0.6) is 0 Å². The van der Waals surface area contributed by atoms with Crippen molar-refractivity contribution in [3.8, 4) is 0 Å². The normalized spacial score (nSPS) is 15.3. The lowest BCUT2D eigenvalue weighted by atomic mass is 10.8. The van der Waals surface area contributed by atoms with E-state index in [4.69, 9.17) is 9.47 Å². The maximum Gasteiger partial charge on any atom is 0.0667 e. The lowest BCUT2D eigenvalue weighted by Gasteiger charge is -2.18. The Morgan fingerprint density at radius 1 is 0.778 bits per heavy atom. The molecule has 0 N–H and O–H groups in total. The number of hydrogen-bond donors (Lipinski definition) is 0. The minimum absolute atomic E-state index is 0.503. The highest BCUT2D eigenvalue weighted by Gasteiger charge is 2.15. The van der Waals surface area contributed by atoms with Crippen LogP contribution in [0.25, 0.3) is 0 Å². The van der Waals surface area contributed by atoms with Crippen molar-refractivity contribution >= 4 is 58.8 Å². The summed E-state index contributed by atoms with van der Waals surface area (Å²) in [5, 5.41) is 0. The van der Waals surface area contributed by atoms with Gasteiger partial charge < -0.3 is 9.47 Å². The Bertz CT molecular complexity index is 179. The molecule has 0 saturated carbocycles. The Morgan fingerprint density at radius 2 is 1.11 bits per heavy atom. The van der Waals surface area contributed by atoms with E-state index >= 15 is 0 Å². The van der Waals surface area contributed by atoms with Crippen LogP contribution in [0.4, 0.5) is 0 Å². The Labute approximate surface area is 131 Å². The second kappa shape index (κ2) is 12.5. The molecular formula is C10H26O2S4Si2. The third-order valence-corrected chi connectivity index (χ3v) is 13.8. The van der Waals surface area contributed by atoms with Gasteiger partial charge in [0, 0.05) is 25.7 Å². The second-order valence-electron chi connectivity index (χ2n) is 4.74. The molecule has 110 valence electrons. The molecule has 0 aromatic carbocycles. The molecule has 0 heterocycles. The summed E-state index contributed by atoms with van der Waals surface area (Å²) < 4.78 is 11.0. The topological polar surface area (TPSA) is 18.5 Å². The zero-order chi connectivity index (χ0) is 14.0. The first-order valence-corrected chi connectivity index (χ1v) is 17.3. The molecule has 0 fully saturated rings. The maximum absolute atomic E-state index is 5.50. The van der Waals surface area contributed by atoms with Gasteiger partial charge >= 0.3 is 0 Å². The Morgan fingerprint density at radius 3 is 1.33 bits per heavy atom. The number of methoxy groups -OCH3 is 2. The van der Waals surface area contributed by atoms with Gasteiger partial charge in [-0.25, -0.2) is 0 Å². The second-order valence-corrected chi connectivity index (χ2v) is 17.3. The van der Waals surface area contributed by atoms with Crippen LogP contribution in [-0.4, -0.2) is 54.8 Å². The molecule has 0 rings (SSSR count). The van der Waals surface area contributed by atoms with Crippen LogP contribution in [0.2, 0.25) is 26.2 Å². The van der Waals surface area contributed by atoms with Crippen molar-refractivity contribution in [2.45, 2.75) is 37.6 Å². The van der Waals surface area contributed by atoms with Gasteiger partial charge in [-0.3, -0.25) is 0 Å². The summed E-state index contributed by atoms with van der Waals surface area (Å²) >= 11 is 0. The molecule has 0 aliphatic rings. The molecule has 18 heavy (non-hydrogen) atoms. The van der Waals surface area contributed by atoms with E-state index in [1.54, 1.807) is 0 Å². The van der Waals surface area contributed by atoms with E-state index in [2.05, 4.69) is 26.2 Å². The van der Waals surface area contributed by atoms with Gasteiger partial charge in [0.15, 0.2) is 0 Å². The summed E-state index contributed by atoms with van der Waals surface area (Å²) in [6, 6.07) is 0. The van der Waals surface area contributed by atoms with Gasteiger partial charge in [0.1, 0.15) is 0 Å². The van der Waals surface area contributed by atoms with Crippen LogP contribution < -0.4 is 0 Å². The molecule has 0 aromatic heterocycles. The minimum atomic E-state index is -0.666. The van der Waals surface area contributed by atoms with Crippen LogP contribution >= 0.6 is 41.2 Å². The van der Waals surface area contributed by atoms with Crippen LogP contribution in [0.3, 0.4) is 0 Å². The van der Waals surface area contributed by atoms with Crippen LogP contribution in [0.15, 0.2) is 0 Å². The summed E-state index contributed by atoms with van der Waals surface area (Å²) in [7, 11) is 9.93. The lowest BCUT2D eigenvalue weighted by Crippen LogP contribution is -2.28. The zero-order valence-electron chi connectivity index (χ0n) is 12.2. The highest BCUT2D eigenvalue weighted by molar-refractivity contribution is 9.26. The Kier molecular flexibility index (Phi) is 13.7. The zero-order valence-corrected chi connectivity index (χ0v) is 17.7. The molecule has 0 aromatic rings. The summed E-state index contributed by atoms with van der Waals surface area (Å²) in [6.07, 6.45) is 0. The Hall–Kier alpha value is 1.75. The van der Waals surface area contributed by atoms with Crippen molar-refractivity contribution in [3.63, 3.8) is 0 Å². The fraction of sp³-hybridized carbons (Fsp3) is 1.00. The third kappa shape index (κ3) is 9.63. The van der Waals surface area contributed by atoms with E-state index in [1.807, 2.05) is 55.5 Å². The van der Waals surface area contributed by atoms with Crippen LogP contribution in [-0.2, 0) is 9.47 Å². The van der Waals surface area contributed by atoms with E-state index in [1.165, 1.54) is 0 Å². The van der Waals surface area contributed by atoms with Crippen LogP contribution in [0.1, 0.15) is 0 Å². The number of hydrogen-bond acceptors (Lipinski definition) is 6. The van der Waals surface area contributed by atoms with Crippen molar-refractivity contribution in [1.82, 2.24) is 0 Å². The SMILES string of the molecule is COC(CSSSSCC(OC)[SiH](C)C)[SiH](C)C. The van der Waals surface area contributed by atoms with Gasteiger partial charge in [0.2, 0.25) is 0 Å². The highest BCUT2D eigenvalue weighted by Crippen LogP contribution is 2.43.